The molecule has 3 N–H and O–H groups in total. The van der Waals surface area contributed by atoms with Gasteiger partial charge in [0.15, 0.2) is 0 Å². The molecule has 7 nitrogen and oxygen atoms in total. The summed E-state index contributed by atoms with van der Waals surface area (Å²) in [4.78, 5) is 23.0. The highest BCUT2D eigenvalue weighted by Gasteiger charge is 2.23. The fraction of sp³-hybridized carbons (Fsp3) is 0.391. The molecule has 0 heterocycles. The third-order valence-corrected chi connectivity index (χ3v) is 5.36. The molecule has 0 saturated heterocycles. The maximum Gasteiger partial charge on any atom is 0.329 e. The van der Waals surface area contributed by atoms with E-state index in [0.29, 0.717) is 23.0 Å². The van der Waals surface area contributed by atoms with Crippen LogP contribution in [0.1, 0.15) is 42.7 Å². The molecular formula is C23H28N2O5. The Balaban J connectivity index is 1.52. The molecule has 0 bridgehead atoms. The third kappa shape index (κ3) is 5.97. The standard InChI is InChI=1S/C23H28N2O5/c1-15-3-12-21(29-2)20(13-15)25-23(28)24-18-8-4-16(5-9-18)17-6-10-19(11-7-17)30-14-22(26)27/h3-5,8-9,12-13,17,19H,6-7,10-11,14H2,1-2H3,(H,26,27)(H2,24,25,28)/t17-,19-. The number of aliphatic carboxylic acids is 1. The van der Waals surface area contributed by atoms with Gasteiger partial charge in [0.25, 0.3) is 0 Å². The number of ether oxygens (including phenoxy) is 2. The zero-order valence-electron chi connectivity index (χ0n) is 17.3. The molecule has 0 radical (unpaired) electrons. The molecule has 2 aromatic carbocycles. The number of hydrogen-bond donors (Lipinski definition) is 3. The van der Waals surface area contributed by atoms with Crippen LogP contribution < -0.4 is 15.4 Å². The van der Waals surface area contributed by atoms with Crippen molar-refractivity contribution < 1.29 is 24.2 Å². The number of carbonyl (C=O) groups is 2. The fourth-order valence-corrected chi connectivity index (χ4v) is 3.79. The van der Waals surface area contributed by atoms with Crippen molar-refractivity contribution in [2.45, 2.75) is 44.6 Å². The molecule has 0 spiro atoms. The average molecular weight is 412 g/mol. The maximum absolute atomic E-state index is 12.4. The van der Waals surface area contributed by atoms with Crippen LogP contribution in [0.5, 0.6) is 5.75 Å². The van der Waals surface area contributed by atoms with Gasteiger partial charge in [-0.15, -0.1) is 0 Å². The predicted molar refractivity (Wildman–Crippen MR) is 115 cm³/mol. The fourth-order valence-electron chi connectivity index (χ4n) is 3.79. The van der Waals surface area contributed by atoms with Gasteiger partial charge in [0.05, 0.1) is 18.9 Å². The Morgan fingerprint density at radius 1 is 1.03 bits per heavy atom. The highest BCUT2D eigenvalue weighted by molar-refractivity contribution is 6.00. The average Bonchev–Trinajstić information content (AvgIpc) is 2.73. The van der Waals surface area contributed by atoms with Crippen molar-refractivity contribution in [2.75, 3.05) is 24.4 Å². The zero-order chi connectivity index (χ0) is 21.5. The number of carboxylic acid groups (broad SMARTS) is 1. The van der Waals surface area contributed by atoms with Crippen molar-refractivity contribution in [3.05, 3.63) is 53.6 Å². The highest BCUT2D eigenvalue weighted by atomic mass is 16.5. The van der Waals surface area contributed by atoms with Crippen molar-refractivity contribution in [3.8, 4) is 5.75 Å². The largest absolute Gasteiger partial charge is 0.495 e. The van der Waals surface area contributed by atoms with Crippen LogP contribution >= 0.6 is 0 Å². The second-order valence-electron chi connectivity index (χ2n) is 7.58. The van der Waals surface area contributed by atoms with E-state index in [1.54, 1.807) is 7.11 Å². The number of hydrogen-bond acceptors (Lipinski definition) is 4. The Kier molecular flexibility index (Phi) is 7.30. The smallest absolute Gasteiger partial charge is 0.329 e. The van der Waals surface area contributed by atoms with E-state index in [0.717, 1.165) is 31.2 Å². The summed E-state index contributed by atoms with van der Waals surface area (Å²) in [7, 11) is 1.57. The number of carbonyl (C=O) groups excluding carboxylic acids is 1. The number of carboxylic acids is 1. The summed E-state index contributed by atoms with van der Waals surface area (Å²) < 4.78 is 10.7. The molecule has 1 aliphatic carbocycles. The summed E-state index contributed by atoms with van der Waals surface area (Å²) >= 11 is 0. The summed E-state index contributed by atoms with van der Waals surface area (Å²) in [6, 6.07) is 13.1. The molecule has 2 amide bonds. The number of methoxy groups -OCH3 is 1. The molecule has 1 fully saturated rings. The van der Waals surface area contributed by atoms with Crippen LogP contribution in [0.25, 0.3) is 0 Å². The van der Waals surface area contributed by atoms with Crippen molar-refractivity contribution in [1.82, 2.24) is 0 Å². The van der Waals surface area contributed by atoms with Gasteiger partial charge in [0.2, 0.25) is 0 Å². The van der Waals surface area contributed by atoms with Crippen molar-refractivity contribution >= 4 is 23.4 Å². The molecule has 3 rings (SSSR count). The molecule has 0 atom stereocenters. The molecule has 160 valence electrons. The van der Waals surface area contributed by atoms with Gasteiger partial charge in [0.1, 0.15) is 12.4 Å². The van der Waals surface area contributed by atoms with Crippen LogP contribution in [0.3, 0.4) is 0 Å². The van der Waals surface area contributed by atoms with Gasteiger partial charge in [-0.25, -0.2) is 9.59 Å². The molecular weight excluding hydrogens is 384 g/mol. The number of rotatable bonds is 7. The van der Waals surface area contributed by atoms with Crippen molar-refractivity contribution in [1.29, 1.82) is 0 Å². The van der Waals surface area contributed by atoms with Gasteiger partial charge in [-0.3, -0.25) is 0 Å². The van der Waals surface area contributed by atoms with E-state index < -0.39 is 5.97 Å². The van der Waals surface area contributed by atoms with Gasteiger partial charge >= 0.3 is 12.0 Å². The number of aryl methyl sites for hydroxylation is 1. The first-order valence-electron chi connectivity index (χ1n) is 10.1. The Bertz CT molecular complexity index is 874. The Hall–Kier alpha value is -3.06. The van der Waals surface area contributed by atoms with E-state index in [4.69, 9.17) is 14.6 Å². The molecule has 1 aliphatic rings. The van der Waals surface area contributed by atoms with E-state index in [9.17, 15) is 9.59 Å². The first-order valence-corrected chi connectivity index (χ1v) is 10.1. The van der Waals surface area contributed by atoms with E-state index in [2.05, 4.69) is 10.6 Å². The molecule has 0 aromatic heterocycles. The molecule has 30 heavy (non-hydrogen) atoms. The van der Waals surface area contributed by atoms with Gasteiger partial charge in [-0.1, -0.05) is 18.2 Å². The summed E-state index contributed by atoms with van der Waals surface area (Å²) in [5.41, 5.74) is 3.58. The lowest BCUT2D eigenvalue weighted by molar-refractivity contribution is -0.145. The predicted octanol–water partition coefficient (Wildman–Crippen LogP) is 4.78. The van der Waals surface area contributed by atoms with Crippen LogP contribution in [0, 0.1) is 6.92 Å². The van der Waals surface area contributed by atoms with Crippen molar-refractivity contribution in [2.24, 2.45) is 0 Å². The molecule has 7 heteroatoms. The molecule has 0 aliphatic heterocycles. The summed E-state index contributed by atoms with van der Waals surface area (Å²) in [5.74, 6) is 0.105. The van der Waals surface area contributed by atoms with Gasteiger partial charge in [-0.05, 0) is 73.9 Å². The molecule has 2 aromatic rings. The summed E-state index contributed by atoms with van der Waals surface area (Å²) in [6.07, 6.45) is 3.67. The minimum absolute atomic E-state index is 0.0283. The number of benzene rings is 2. The van der Waals surface area contributed by atoms with Gasteiger partial charge < -0.3 is 25.2 Å². The maximum atomic E-state index is 12.4. The first-order chi connectivity index (χ1) is 14.4. The second kappa shape index (κ2) is 10.1. The Morgan fingerprint density at radius 3 is 2.37 bits per heavy atom. The topological polar surface area (TPSA) is 96.9 Å². The molecule has 0 unspecified atom stereocenters. The number of anilines is 2. The third-order valence-electron chi connectivity index (χ3n) is 5.36. The van der Waals surface area contributed by atoms with E-state index in [1.165, 1.54) is 5.56 Å². The normalized spacial score (nSPS) is 18.5. The number of urea groups is 1. The van der Waals surface area contributed by atoms with Crippen LogP contribution in [0.2, 0.25) is 0 Å². The minimum atomic E-state index is -0.926. The zero-order valence-corrected chi connectivity index (χ0v) is 17.3. The minimum Gasteiger partial charge on any atom is -0.495 e. The lowest BCUT2D eigenvalue weighted by atomic mass is 9.82. The SMILES string of the molecule is COc1ccc(C)cc1NC(=O)Nc1ccc([C@H]2CC[C@H](OCC(=O)O)CC2)cc1. The van der Waals surface area contributed by atoms with Gasteiger partial charge in [-0.2, -0.15) is 0 Å². The summed E-state index contributed by atoms with van der Waals surface area (Å²) in [5, 5.41) is 14.4. The number of nitrogens with one attached hydrogen (secondary N) is 2. The monoisotopic (exact) mass is 412 g/mol. The highest BCUT2D eigenvalue weighted by Crippen LogP contribution is 2.34. The quantitative estimate of drug-likeness (QED) is 0.608. The van der Waals surface area contributed by atoms with E-state index in [-0.39, 0.29) is 18.7 Å². The van der Waals surface area contributed by atoms with Crippen LogP contribution in [-0.4, -0.2) is 36.9 Å². The van der Waals surface area contributed by atoms with Crippen LogP contribution in [0.4, 0.5) is 16.2 Å². The van der Waals surface area contributed by atoms with Crippen molar-refractivity contribution in [3.63, 3.8) is 0 Å². The Morgan fingerprint density at radius 2 is 1.73 bits per heavy atom. The van der Waals surface area contributed by atoms with Crippen LogP contribution in [-0.2, 0) is 9.53 Å². The lowest BCUT2D eigenvalue weighted by Crippen LogP contribution is -2.23. The molecule has 1 saturated carbocycles. The second-order valence-corrected chi connectivity index (χ2v) is 7.58. The van der Waals surface area contributed by atoms with E-state index in [1.807, 2.05) is 49.4 Å². The van der Waals surface area contributed by atoms with E-state index >= 15 is 0 Å². The Labute approximate surface area is 176 Å². The lowest BCUT2D eigenvalue weighted by Gasteiger charge is -2.28. The summed E-state index contributed by atoms with van der Waals surface area (Å²) in [6.45, 7) is 1.72. The number of amides is 2. The van der Waals surface area contributed by atoms with Gasteiger partial charge in [0, 0.05) is 5.69 Å². The van der Waals surface area contributed by atoms with Crippen LogP contribution in [0.15, 0.2) is 42.5 Å². The first kappa shape index (κ1) is 21.6.